The molecule has 1 amide bonds. The molecule has 0 rings (SSSR count). The molecule has 0 aliphatic carbocycles. The van der Waals surface area contributed by atoms with Crippen LogP contribution in [-0.4, -0.2) is 34.2 Å². The number of carboxylic acid groups (broad SMARTS) is 1. The topological polar surface area (TPSA) is 66.8 Å². The van der Waals surface area contributed by atoms with Crippen molar-refractivity contribution in [2.24, 2.45) is 5.41 Å². The summed E-state index contributed by atoms with van der Waals surface area (Å²) < 4.78 is 0. The molecule has 5 nitrogen and oxygen atoms in total. The minimum Gasteiger partial charge on any atom is -0.480 e. The fraction of sp³-hybridized carbons (Fsp3) is 0.818. The summed E-state index contributed by atoms with van der Waals surface area (Å²) >= 11 is 0. The van der Waals surface area contributed by atoms with E-state index >= 15 is 0 Å². The van der Waals surface area contributed by atoms with Gasteiger partial charge in [0.2, 0.25) is 6.41 Å². The van der Waals surface area contributed by atoms with E-state index in [-0.39, 0.29) is 0 Å². The number of amides is 1. The summed E-state index contributed by atoms with van der Waals surface area (Å²) in [5.41, 5.74) is -1.21. The average Bonchev–Trinajstić information content (AvgIpc) is 1.96. The molecule has 0 spiro atoms. The third kappa shape index (κ3) is 4.61. The number of hydrogen-bond donors (Lipinski definition) is 1. The van der Waals surface area contributed by atoms with Crippen LogP contribution in [0.3, 0.4) is 0 Å². The Kier molecular flexibility index (Phi) is 4.49. The quantitative estimate of drug-likeness (QED) is 0.590. The molecule has 0 aromatic rings. The SMILES string of the molecule is CC(C)(C)ON(C=O)[C@H](C(=O)O)C(C)(C)C. The van der Waals surface area contributed by atoms with E-state index in [4.69, 9.17) is 9.94 Å². The van der Waals surface area contributed by atoms with Crippen LogP contribution in [0.2, 0.25) is 0 Å². The first-order valence-electron chi connectivity index (χ1n) is 5.14. The highest BCUT2D eigenvalue weighted by Crippen LogP contribution is 2.26. The maximum atomic E-state index is 11.2. The number of aliphatic carboxylic acids is 1. The molecule has 0 heterocycles. The number of carbonyl (C=O) groups excluding carboxylic acids is 1. The third-order valence-electron chi connectivity index (χ3n) is 1.79. The van der Waals surface area contributed by atoms with Gasteiger partial charge in [0.1, 0.15) is 0 Å². The fourth-order valence-corrected chi connectivity index (χ4v) is 1.31. The van der Waals surface area contributed by atoms with Gasteiger partial charge in [0.25, 0.3) is 0 Å². The molecule has 1 N–H and O–H groups in total. The lowest BCUT2D eigenvalue weighted by molar-refractivity contribution is -0.245. The Balaban J connectivity index is 5.02. The molecule has 0 fully saturated rings. The lowest BCUT2D eigenvalue weighted by Gasteiger charge is -2.37. The van der Waals surface area contributed by atoms with Crippen LogP contribution >= 0.6 is 0 Å². The zero-order valence-electron chi connectivity index (χ0n) is 10.8. The molecule has 94 valence electrons. The molecule has 0 saturated carbocycles. The predicted octanol–water partition coefficient (Wildman–Crippen LogP) is 1.67. The Labute approximate surface area is 96.3 Å². The van der Waals surface area contributed by atoms with Gasteiger partial charge >= 0.3 is 5.97 Å². The van der Waals surface area contributed by atoms with Crippen LogP contribution in [0.25, 0.3) is 0 Å². The summed E-state index contributed by atoms with van der Waals surface area (Å²) in [6, 6.07) is -1.01. The molecule has 0 aromatic heterocycles. The van der Waals surface area contributed by atoms with Gasteiger partial charge in [0.05, 0.1) is 5.60 Å². The second-order valence-electron chi connectivity index (χ2n) is 5.78. The van der Waals surface area contributed by atoms with Gasteiger partial charge in [-0.2, -0.15) is 0 Å². The van der Waals surface area contributed by atoms with Gasteiger partial charge < -0.3 is 5.11 Å². The van der Waals surface area contributed by atoms with E-state index in [0.29, 0.717) is 6.41 Å². The third-order valence-corrected chi connectivity index (χ3v) is 1.79. The van der Waals surface area contributed by atoms with Crippen molar-refractivity contribution in [2.45, 2.75) is 53.2 Å². The van der Waals surface area contributed by atoms with Crippen LogP contribution in [0.1, 0.15) is 41.5 Å². The van der Waals surface area contributed by atoms with Crippen molar-refractivity contribution in [3.05, 3.63) is 0 Å². The van der Waals surface area contributed by atoms with Crippen molar-refractivity contribution in [3.63, 3.8) is 0 Å². The minimum absolute atomic E-state index is 0.412. The molecule has 1 atom stereocenters. The van der Waals surface area contributed by atoms with Gasteiger partial charge in [-0.05, 0) is 26.2 Å². The second-order valence-corrected chi connectivity index (χ2v) is 5.78. The summed E-state index contributed by atoms with van der Waals surface area (Å²) in [6.07, 6.45) is 0.412. The largest absolute Gasteiger partial charge is 0.480 e. The van der Waals surface area contributed by atoms with Crippen LogP contribution in [0.5, 0.6) is 0 Å². The van der Waals surface area contributed by atoms with Crippen LogP contribution in [0.15, 0.2) is 0 Å². The number of rotatable bonds is 4. The highest BCUT2D eigenvalue weighted by atomic mass is 16.7. The Morgan fingerprint density at radius 1 is 1.25 bits per heavy atom. The monoisotopic (exact) mass is 231 g/mol. The van der Waals surface area contributed by atoms with Gasteiger partial charge in [-0.3, -0.25) is 9.63 Å². The van der Waals surface area contributed by atoms with E-state index in [9.17, 15) is 9.59 Å². The van der Waals surface area contributed by atoms with Crippen molar-refractivity contribution in [2.75, 3.05) is 0 Å². The molecule has 0 radical (unpaired) electrons. The van der Waals surface area contributed by atoms with Crippen molar-refractivity contribution in [1.82, 2.24) is 5.06 Å². The molecular weight excluding hydrogens is 210 g/mol. The summed E-state index contributed by atoms with van der Waals surface area (Å²) in [7, 11) is 0. The zero-order valence-corrected chi connectivity index (χ0v) is 10.8. The van der Waals surface area contributed by atoms with Gasteiger partial charge in [0, 0.05) is 0 Å². The Morgan fingerprint density at radius 2 is 1.69 bits per heavy atom. The second kappa shape index (κ2) is 4.82. The first-order valence-corrected chi connectivity index (χ1v) is 5.14. The van der Waals surface area contributed by atoms with Crippen LogP contribution in [0, 0.1) is 5.41 Å². The van der Waals surface area contributed by atoms with Crippen molar-refractivity contribution >= 4 is 12.4 Å². The zero-order chi connectivity index (χ0) is 13.1. The van der Waals surface area contributed by atoms with Gasteiger partial charge in [-0.1, -0.05) is 20.8 Å². The lowest BCUT2D eigenvalue weighted by atomic mass is 9.86. The summed E-state index contributed by atoms with van der Waals surface area (Å²) in [6.45, 7) is 10.5. The Bertz CT molecular complexity index is 262. The predicted molar refractivity (Wildman–Crippen MR) is 59.6 cm³/mol. The van der Waals surface area contributed by atoms with E-state index in [1.165, 1.54) is 0 Å². The smallest absolute Gasteiger partial charge is 0.329 e. The van der Waals surface area contributed by atoms with Gasteiger partial charge in [-0.15, -0.1) is 0 Å². The lowest BCUT2D eigenvalue weighted by Crippen LogP contribution is -2.51. The number of hydrogen-bond acceptors (Lipinski definition) is 3. The Morgan fingerprint density at radius 3 is 1.88 bits per heavy atom. The molecule has 0 unspecified atom stereocenters. The molecule has 0 aromatic carbocycles. The molecule has 5 heteroatoms. The maximum absolute atomic E-state index is 11.2. The van der Waals surface area contributed by atoms with E-state index in [1.54, 1.807) is 41.5 Å². The maximum Gasteiger partial charge on any atom is 0.329 e. The summed E-state index contributed by atoms with van der Waals surface area (Å²) in [5, 5.41) is 10.0. The van der Waals surface area contributed by atoms with Crippen molar-refractivity contribution in [3.8, 4) is 0 Å². The van der Waals surface area contributed by atoms with Crippen LogP contribution in [0.4, 0.5) is 0 Å². The normalized spacial score (nSPS) is 14.4. The standard InChI is InChI=1S/C11H21NO4/c1-10(2,3)8(9(14)15)12(7-13)16-11(4,5)6/h7-8H,1-6H3,(H,14,15)/t8-/m1/s1. The first kappa shape index (κ1) is 14.9. The minimum atomic E-state index is -1.08. The summed E-state index contributed by atoms with van der Waals surface area (Å²) in [5.74, 6) is -1.08. The molecular formula is C11H21NO4. The average molecular weight is 231 g/mol. The number of hydroxylamine groups is 2. The van der Waals surface area contributed by atoms with Crippen LogP contribution in [-0.2, 0) is 14.4 Å². The highest BCUT2D eigenvalue weighted by molar-refractivity contribution is 5.76. The number of carbonyl (C=O) groups is 2. The van der Waals surface area contributed by atoms with Crippen LogP contribution < -0.4 is 0 Å². The molecule has 16 heavy (non-hydrogen) atoms. The Hall–Kier alpha value is -1.10. The van der Waals surface area contributed by atoms with E-state index in [1.807, 2.05) is 0 Å². The molecule has 0 saturated heterocycles. The van der Waals surface area contributed by atoms with Crippen molar-refractivity contribution < 1.29 is 19.5 Å². The van der Waals surface area contributed by atoms with E-state index < -0.39 is 23.0 Å². The molecule has 0 bridgehead atoms. The van der Waals surface area contributed by atoms with Crippen molar-refractivity contribution in [1.29, 1.82) is 0 Å². The van der Waals surface area contributed by atoms with E-state index in [2.05, 4.69) is 0 Å². The van der Waals surface area contributed by atoms with Gasteiger partial charge in [-0.25, -0.2) is 9.86 Å². The molecule has 0 aliphatic heterocycles. The highest BCUT2D eigenvalue weighted by Gasteiger charge is 2.38. The first-order chi connectivity index (χ1) is 6.99. The fourth-order valence-electron chi connectivity index (χ4n) is 1.31. The summed E-state index contributed by atoms with van der Waals surface area (Å²) in [4.78, 5) is 27.4. The van der Waals surface area contributed by atoms with Gasteiger partial charge in [0.15, 0.2) is 6.04 Å². The van der Waals surface area contributed by atoms with E-state index in [0.717, 1.165) is 5.06 Å². The number of carboxylic acids is 1. The molecule has 0 aliphatic rings. The number of nitrogens with zero attached hydrogens (tertiary/aromatic N) is 1.